The number of aromatic nitrogens is 1. The smallest absolute Gasteiger partial charge is 0.0708 e. The third-order valence-electron chi connectivity index (χ3n) is 2.75. The van der Waals surface area contributed by atoms with Crippen LogP contribution in [0.5, 0.6) is 0 Å². The van der Waals surface area contributed by atoms with Gasteiger partial charge in [0.15, 0.2) is 0 Å². The molecule has 1 aliphatic heterocycles. The minimum atomic E-state index is 0.985. The maximum atomic E-state index is 4.36. The fourth-order valence-corrected chi connectivity index (χ4v) is 1.98. The standard InChI is InChI=1S/C14H12N2/c1-2-6-13-11(5-1)12(8-10-16-13)14-7-3-4-9-15-14/h1-2,4-10,15H,3H2. The van der Waals surface area contributed by atoms with Crippen molar-refractivity contribution in [2.75, 3.05) is 0 Å². The summed E-state index contributed by atoms with van der Waals surface area (Å²) in [6.45, 7) is 0. The largest absolute Gasteiger partial charge is 0.362 e. The quantitative estimate of drug-likeness (QED) is 0.779. The van der Waals surface area contributed by atoms with Crippen molar-refractivity contribution in [3.8, 4) is 0 Å². The zero-order valence-electron chi connectivity index (χ0n) is 8.85. The minimum Gasteiger partial charge on any atom is -0.362 e. The molecule has 0 radical (unpaired) electrons. The van der Waals surface area contributed by atoms with Crippen molar-refractivity contribution in [2.45, 2.75) is 6.42 Å². The van der Waals surface area contributed by atoms with Gasteiger partial charge in [0.25, 0.3) is 0 Å². The average Bonchev–Trinajstić information content (AvgIpc) is 2.39. The third kappa shape index (κ3) is 1.48. The van der Waals surface area contributed by atoms with E-state index in [4.69, 9.17) is 0 Å². The molecule has 78 valence electrons. The molecule has 1 aromatic carbocycles. The molecule has 16 heavy (non-hydrogen) atoms. The lowest BCUT2D eigenvalue weighted by Crippen LogP contribution is -2.07. The van der Waals surface area contributed by atoms with Gasteiger partial charge in [-0.2, -0.15) is 0 Å². The van der Waals surface area contributed by atoms with Gasteiger partial charge in [-0.25, -0.2) is 0 Å². The molecule has 1 aliphatic rings. The van der Waals surface area contributed by atoms with E-state index in [2.05, 4.69) is 34.6 Å². The second-order valence-corrected chi connectivity index (χ2v) is 3.78. The predicted molar refractivity (Wildman–Crippen MR) is 66.6 cm³/mol. The van der Waals surface area contributed by atoms with Crippen LogP contribution in [0.25, 0.3) is 16.6 Å². The van der Waals surface area contributed by atoms with Crippen molar-refractivity contribution in [3.05, 3.63) is 60.4 Å². The fourth-order valence-electron chi connectivity index (χ4n) is 1.98. The summed E-state index contributed by atoms with van der Waals surface area (Å²) in [6, 6.07) is 10.3. The molecule has 0 saturated heterocycles. The molecule has 0 amide bonds. The van der Waals surface area contributed by atoms with Gasteiger partial charge in [-0.3, -0.25) is 4.98 Å². The molecule has 2 aromatic rings. The van der Waals surface area contributed by atoms with Crippen LogP contribution in [0.1, 0.15) is 12.0 Å². The minimum absolute atomic E-state index is 0.985. The Hall–Kier alpha value is -2.09. The molecule has 0 atom stereocenters. The first-order chi connectivity index (χ1) is 7.95. The number of pyridine rings is 1. The number of rotatable bonds is 1. The molecule has 0 fully saturated rings. The van der Waals surface area contributed by atoms with E-state index in [9.17, 15) is 0 Å². The summed E-state index contributed by atoms with van der Waals surface area (Å²) in [5.41, 5.74) is 3.42. The summed E-state index contributed by atoms with van der Waals surface area (Å²) in [6.07, 6.45) is 9.14. The Kier molecular flexibility index (Phi) is 2.18. The molecule has 2 heteroatoms. The molecule has 0 aliphatic carbocycles. The highest BCUT2D eigenvalue weighted by molar-refractivity contribution is 5.91. The van der Waals surface area contributed by atoms with E-state index in [1.54, 1.807) is 0 Å². The van der Waals surface area contributed by atoms with Crippen LogP contribution >= 0.6 is 0 Å². The monoisotopic (exact) mass is 208 g/mol. The van der Waals surface area contributed by atoms with Gasteiger partial charge in [-0.1, -0.05) is 30.4 Å². The van der Waals surface area contributed by atoms with Crippen LogP contribution in [-0.2, 0) is 0 Å². The Balaban J connectivity index is 2.20. The van der Waals surface area contributed by atoms with E-state index in [0.717, 1.165) is 11.9 Å². The van der Waals surface area contributed by atoms with Crippen LogP contribution in [0.3, 0.4) is 0 Å². The molecule has 3 rings (SSSR count). The van der Waals surface area contributed by atoms with Crippen LogP contribution in [0.4, 0.5) is 0 Å². The first-order valence-corrected chi connectivity index (χ1v) is 5.41. The van der Waals surface area contributed by atoms with Gasteiger partial charge < -0.3 is 5.32 Å². The number of allylic oxidation sites excluding steroid dienone is 2. The zero-order chi connectivity index (χ0) is 10.8. The highest BCUT2D eigenvalue weighted by Crippen LogP contribution is 2.23. The summed E-state index contributed by atoms with van der Waals surface area (Å²) in [4.78, 5) is 4.36. The van der Waals surface area contributed by atoms with E-state index < -0.39 is 0 Å². The highest BCUT2D eigenvalue weighted by Gasteiger charge is 2.06. The third-order valence-corrected chi connectivity index (χ3v) is 2.75. The second kappa shape index (κ2) is 3.81. The molecule has 2 heterocycles. The molecule has 1 N–H and O–H groups in total. The normalized spacial score (nSPS) is 14.6. The lowest BCUT2D eigenvalue weighted by Gasteiger charge is -2.13. The van der Waals surface area contributed by atoms with Crippen LogP contribution in [0, 0.1) is 0 Å². The molecule has 0 spiro atoms. The molecule has 1 aromatic heterocycles. The van der Waals surface area contributed by atoms with Crippen LogP contribution in [0.15, 0.2) is 54.9 Å². The number of hydrogen-bond donors (Lipinski definition) is 1. The van der Waals surface area contributed by atoms with Crippen LogP contribution in [-0.4, -0.2) is 4.98 Å². The SMILES string of the molecule is C1=CNC(c2ccnc3ccccc23)=CC1. The van der Waals surface area contributed by atoms with Gasteiger partial charge in [-0.05, 0) is 24.8 Å². The Bertz CT molecular complexity index is 577. The molecular formula is C14H12N2. The number of fused-ring (bicyclic) bond motifs is 1. The van der Waals surface area contributed by atoms with Crippen molar-refractivity contribution in [2.24, 2.45) is 0 Å². The lowest BCUT2D eigenvalue weighted by molar-refractivity contribution is 1.14. The number of benzene rings is 1. The van der Waals surface area contributed by atoms with Crippen molar-refractivity contribution in [3.63, 3.8) is 0 Å². The first-order valence-electron chi connectivity index (χ1n) is 5.41. The molecule has 0 bridgehead atoms. The first kappa shape index (κ1) is 9.16. The Morgan fingerprint density at radius 3 is 2.94 bits per heavy atom. The van der Waals surface area contributed by atoms with Crippen molar-refractivity contribution >= 4 is 16.6 Å². The number of para-hydroxylation sites is 1. The summed E-state index contributed by atoms with van der Waals surface area (Å²) >= 11 is 0. The number of dihydropyridines is 1. The van der Waals surface area contributed by atoms with Crippen molar-refractivity contribution in [1.29, 1.82) is 0 Å². The van der Waals surface area contributed by atoms with Gasteiger partial charge in [0, 0.05) is 22.8 Å². The Morgan fingerprint density at radius 1 is 1.12 bits per heavy atom. The number of nitrogens with zero attached hydrogens (tertiary/aromatic N) is 1. The maximum absolute atomic E-state index is 4.36. The van der Waals surface area contributed by atoms with Gasteiger partial charge in [0.05, 0.1) is 5.52 Å². The van der Waals surface area contributed by atoms with E-state index in [-0.39, 0.29) is 0 Å². The van der Waals surface area contributed by atoms with Crippen LogP contribution in [0.2, 0.25) is 0 Å². The van der Waals surface area contributed by atoms with Gasteiger partial charge in [-0.15, -0.1) is 0 Å². The summed E-state index contributed by atoms with van der Waals surface area (Å²) in [5.74, 6) is 0. The molecular weight excluding hydrogens is 196 g/mol. The van der Waals surface area contributed by atoms with E-state index in [1.807, 2.05) is 30.6 Å². The van der Waals surface area contributed by atoms with E-state index in [1.165, 1.54) is 16.6 Å². The van der Waals surface area contributed by atoms with Crippen LogP contribution < -0.4 is 5.32 Å². The Labute approximate surface area is 94.3 Å². The van der Waals surface area contributed by atoms with E-state index >= 15 is 0 Å². The molecule has 2 nitrogen and oxygen atoms in total. The molecule has 0 unspecified atom stereocenters. The van der Waals surface area contributed by atoms with Gasteiger partial charge in [0.2, 0.25) is 0 Å². The van der Waals surface area contributed by atoms with Crippen molar-refractivity contribution in [1.82, 2.24) is 10.3 Å². The molecule has 0 saturated carbocycles. The topological polar surface area (TPSA) is 24.9 Å². The zero-order valence-corrected chi connectivity index (χ0v) is 8.85. The predicted octanol–water partition coefficient (Wildman–Crippen LogP) is 3.08. The summed E-state index contributed by atoms with van der Waals surface area (Å²) in [5, 5.41) is 4.47. The maximum Gasteiger partial charge on any atom is 0.0708 e. The van der Waals surface area contributed by atoms with Gasteiger partial charge in [0.1, 0.15) is 0 Å². The average molecular weight is 208 g/mol. The summed E-state index contributed by atoms with van der Waals surface area (Å²) in [7, 11) is 0. The van der Waals surface area contributed by atoms with E-state index in [0.29, 0.717) is 0 Å². The van der Waals surface area contributed by atoms with Crippen molar-refractivity contribution < 1.29 is 0 Å². The number of nitrogens with one attached hydrogen (secondary N) is 1. The lowest BCUT2D eigenvalue weighted by atomic mass is 10.0. The number of hydrogen-bond acceptors (Lipinski definition) is 2. The fraction of sp³-hybridized carbons (Fsp3) is 0.0714. The van der Waals surface area contributed by atoms with Gasteiger partial charge >= 0.3 is 0 Å². The Morgan fingerprint density at radius 2 is 2.06 bits per heavy atom. The second-order valence-electron chi connectivity index (χ2n) is 3.78. The highest BCUT2D eigenvalue weighted by atomic mass is 14.9. The summed E-state index contributed by atoms with van der Waals surface area (Å²) < 4.78 is 0.